The minimum absolute atomic E-state index is 0.0255. The minimum atomic E-state index is -4.10. The van der Waals surface area contributed by atoms with E-state index in [1.54, 1.807) is 6.08 Å². The standard InChI is InChI=1S/C19H14BrFN2O3S2/c1-2-11-23-18(24)17(12-13-3-5-14(20)6-4-13)27-19(23)22-28(25,26)16-9-7-15(21)8-10-16/h2-10,12H,1,11H2. The predicted octanol–water partition coefficient (Wildman–Crippen LogP) is 4.44. The van der Waals surface area contributed by atoms with Crippen molar-refractivity contribution in [2.24, 2.45) is 4.40 Å². The molecule has 1 fully saturated rings. The first-order chi connectivity index (χ1) is 13.3. The number of hydrogen-bond acceptors (Lipinski definition) is 4. The van der Waals surface area contributed by atoms with Crippen LogP contribution in [0.15, 0.2) is 79.9 Å². The SMILES string of the molecule is C=CCN1C(=O)C(=Cc2ccc(Br)cc2)SC1=NS(=O)(=O)c1ccc(F)cc1. The average Bonchev–Trinajstić information content (AvgIpc) is 2.92. The second-order valence-corrected chi connectivity index (χ2v) is 9.20. The van der Waals surface area contributed by atoms with Crippen molar-refractivity contribution in [1.29, 1.82) is 0 Å². The molecule has 0 radical (unpaired) electrons. The fraction of sp³-hybridized carbons (Fsp3) is 0.0526. The lowest BCUT2D eigenvalue weighted by atomic mass is 10.2. The molecule has 0 atom stereocenters. The van der Waals surface area contributed by atoms with Gasteiger partial charge in [0.25, 0.3) is 15.9 Å². The van der Waals surface area contributed by atoms with Gasteiger partial charge in [0.15, 0.2) is 5.17 Å². The van der Waals surface area contributed by atoms with Gasteiger partial charge >= 0.3 is 0 Å². The van der Waals surface area contributed by atoms with E-state index in [-0.39, 0.29) is 22.5 Å². The molecule has 0 N–H and O–H groups in total. The van der Waals surface area contributed by atoms with Crippen molar-refractivity contribution in [3.63, 3.8) is 0 Å². The Kier molecular flexibility index (Phi) is 6.17. The molecule has 0 unspecified atom stereocenters. The van der Waals surface area contributed by atoms with E-state index < -0.39 is 15.8 Å². The number of amides is 1. The van der Waals surface area contributed by atoms with E-state index in [2.05, 4.69) is 26.9 Å². The van der Waals surface area contributed by atoms with E-state index in [1.165, 1.54) is 11.0 Å². The molecule has 2 aromatic rings. The van der Waals surface area contributed by atoms with E-state index >= 15 is 0 Å². The summed E-state index contributed by atoms with van der Waals surface area (Å²) in [6.07, 6.45) is 3.16. The molecule has 0 aliphatic carbocycles. The molecule has 3 rings (SSSR count). The van der Waals surface area contributed by atoms with Crippen LogP contribution in [-0.4, -0.2) is 30.9 Å². The zero-order chi connectivity index (χ0) is 20.3. The Labute approximate surface area is 174 Å². The first-order valence-electron chi connectivity index (χ1n) is 7.98. The van der Waals surface area contributed by atoms with Gasteiger partial charge in [-0.1, -0.05) is 34.1 Å². The summed E-state index contributed by atoms with van der Waals surface area (Å²) in [6.45, 7) is 3.71. The fourth-order valence-corrected chi connectivity index (χ4v) is 4.79. The second kappa shape index (κ2) is 8.42. The highest BCUT2D eigenvalue weighted by atomic mass is 79.9. The van der Waals surface area contributed by atoms with Gasteiger partial charge in [-0.15, -0.1) is 11.0 Å². The lowest BCUT2D eigenvalue weighted by Crippen LogP contribution is -2.29. The average molecular weight is 481 g/mol. The molecule has 1 saturated heterocycles. The van der Waals surface area contributed by atoms with Crippen LogP contribution in [-0.2, 0) is 14.8 Å². The number of amidine groups is 1. The molecule has 2 aromatic carbocycles. The van der Waals surface area contributed by atoms with Crippen molar-refractivity contribution in [2.45, 2.75) is 4.90 Å². The van der Waals surface area contributed by atoms with Gasteiger partial charge in [0.05, 0.1) is 9.80 Å². The van der Waals surface area contributed by atoms with Gasteiger partial charge in [0.2, 0.25) is 0 Å². The van der Waals surface area contributed by atoms with Crippen LogP contribution in [0.1, 0.15) is 5.56 Å². The van der Waals surface area contributed by atoms with Crippen molar-refractivity contribution in [3.05, 3.63) is 81.9 Å². The van der Waals surface area contributed by atoms with Crippen LogP contribution in [0.4, 0.5) is 4.39 Å². The predicted molar refractivity (Wildman–Crippen MR) is 113 cm³/mol. The maximum absolute atomic E-state index is 13.1. The Morgan fingerprint density at radius 2 is 1.79 bits per heavy atom. The molecular formula is C19H14BrFN2O3S2. The number of nitrogens with zero attached hydrogens (tertiary/aromatic N) is 2. The van der Waals surface area contributed by atoms with Crippen LogP contribution < -0.4 is 0 Å². The Morgan fingerprint density at radius 1 is 1.14 bits per heavy atom. The molecule has 1 aliphatic heterocycles. The Morgan fingerprint density at radius 3 is 2.39 bits per heavy atom. The topological polar surface area (TPSA) is 66.8 Å². The number of thioether (sulfide) groups is 1. The van der Waals surface area contributed by atoms with E-state index in [9.17, 15) is 17.6 Å². The number of halogens is 2. The summed E-state index contributed by atoms with van der Waals surface area (Å²) in [7, 11) is -4.10. The van der Waals surface area contributed by atoms with Gasteiger partial charge in [0, 0.05) is 11.0 Å². The maximum atomic E-state index is 13.1. The van der Waals surface area contributed by atoms with Gasteiger partial charge in [-0.05, 0) is 59.8 Å². The van der Waals surface area contributed by atoms with Gasteiger partial charge in [-0.2, -0.15) is 8.42 Å². The quantitative estimate of drug-likeness (QED) is 0.468. The highest BCUT2D eigenvalue weighted by Gasteiger charge is 2.34. The normalized spacial score (nSPS) is 17.5. The summed E-state index contributed by atoms with van der Waals surface area (Å²) in [5.74, 6) is -0.911. The fourth-order valence-electron chi connectivity index (χ4n) is 2.34. The Bertz CT molecular complexity index is 1080. The van der Waals surface area contributed by atoms with Crippen molar-refractivity contribution in [3.8, 4) is 0 Å². The van der Waals surface area contributed by atoms with Crippen molar-refractivity contribution >= 4 is 54.9 Å². The lowest BCUT2D eigenvalue weighted by Gasteiger charge is -2.12. The third-order valence-electron chi connectivity index (χ3n) is 3.68. The van der Waals surface area contributed by atoms with Crippen LogP contribution in [0.3, 0.4) is 0 Å². The van der Waals surface area contributed by atoms with Crippen LogP contribution in [0.25, 0.3) is 6.08 Å². The molecule has 144 valence electrons. The molecule has 0 spiro atoms. The third-order valence-corrected chi connectivity index (χ3v) is 6.61. The molecule has 1 aliphatic rings. The van der Waals surface area contributed by atoms with Gasteiger partial charge < -0.3 is 0 Å². The van der Waals surface area contributed by atoms with E-state index in [0.717, 1.165) is 46.1 Å². The number of benzene rings is 2. The van der Waals surface area contributed by atoms with E-state index in [1.807, 2.05) is 24.3 Å². The molecule has 0 saturated carbocycles. The van der Waals surface area contributed by atoms with Crippen LogP contribution in [0, 0.1) is 5.82 Å². The van der Waals surface area contributed by atoms with Crippen molar-refractivity contribution < 1.29 is 17.6 Å². The smallest absolute Gasteiger partial charge is 0.282 e. The molecule has 28 heavy (non-hydrogen) atoms. The van der Waals surface area contributed by atoms with Gasteiger partial charge in [-0.25, -0.2) is 4.39 Å². The highest BCUT2D eigenvalue weighted by Crippen LogP contribution is 2.33. The number of rotatable bonds is 5. The molecular weight excluding hydrogens is 467 g/mol. The third kappa shape index (κ3) is 4.60. The molecule has 0 aromatic heterocycles. The lowest BCUT2D eigenvalue weighted by molar-refractivity contribution is -0.121. The summed E-state index contributed by atoms with van der Waals surface area (Å²) in [5.41, 5.74) is 0.792. The number of carbonyl (C=O) groups is 1. The number of carbonyl (C=O) groups excluding carboxylic acids is 1. The zero-order valence-corrected chi connectivity index (χ0v) is 17.6. The van der Waals surface area contributed by atoms with Crippen LogP contribution >= 0.6 is 27.7 Å². The largest absolute Gasteiger partial charge is 0.284 e. The summed E-state index contributed by atoms with van der Waals surface area (Å²) < 4.78 is 42.9. The van der Waals surface area contributed by atoms with Crippen molar-refractivity contribution in [1.82, 2.24) is 4.90 Å². The maximum Gasteiger partial charge on any atom is 0.284 e. The number of hydrogen-bond donors (Lipinski definition) is 0. The first kappa shape index (κ1) is 20.5. The van der Waals surface area contributed by atoms with Gasteiger partial charge in [-0.3, -0.25) is 9.69 Å². The second-order valence-electron chi connectivity index (χ2n) is 5.67. The molecule has 0 bridgehead atoms. The Balaban J connectivity index is 1.98. The molecule has 1 heterocycles. The first-order valence-corrected chi connectivity index (χ1v) is 11.0. The minimum Gasteiger partial charge on any atom is -0.282 e. The summed E-state index contributed by atoms with van der Waals surface area (Å²) in [5, 5.41) is 0.0255. The monoisotopic (exact) mass is 480 g/mol. The molecule has 1 amide bonds. The molecule has 9 heteroatoms. The zero-order valence-electron chi connectivity index (χ0n) is 14.4. The van der Waals surface area contributed by atoms with Crippen LogP contribution in [0.2, 0.25) is 0 Å². The van der Waals surface area contributed by atoms with Crippen molar-refractivity contribution in [2.75, 3.05) is 6.54 Å². The summed E-state index contributed by atoms with van der Waals surface area (Å²) in [4.78, 5) is 14.1. The Hall–Kier alpha value is -2.23. The molecule has 5 nitrogen and oxygen atoms in total. The van der Waals surface area contributed by atoms with E-state index in [0.29, 0.717) is 4.91 Å². The summed E-state index contributed by atoms with van der Waals surface area (Å²) in [6, 6.07) is 11.7. The van der Waals surface area contributed by atoms with Crippen LogP contribution in [0.5, 0.6) is 0 Å². The van der Waals surface area contributed by atoms with E-state index in [4.69, 9.17) is 0 Å². The van der Waals surface area contributed by atoms with Gasteiger partial charge in [0.1, 0.15) is 5.82 Å². The highest BCUT2D eigenvalue weighted by molar-refractivity contribution is 9.10. The number of sulfonamides is 1. The summed E-state index contributed by atoms with van der Waals surface area (Å²) >= 11 is 4.31.